The number of nitrogens with zero attached hydrogens (tertiary/aromatic N) is 1. The highest BCUT2D eigenvalue weighted by Crippen LogP contribution is 2.39. The molecule has 1 heterocycles. The number of urea groups is 1. The van der Waals surface area contributed by atoms with Gasteiger partial charge in [0.1, 0.15) is 0 Å². The number of benzene rings is 4. The van der Waals surface area contributed by atoms with Gasteiger partial charge in [-0.15, -0.1) is 0 Å². The molecule has 1 fully saturated rings. The predicted molar refractivity (Wildman–Crippen MR) is 169 cm³/mol. The second-order valence-electron chi connectivity index (χ2n) is 11.0. The molecule has 3 N–H and O–H groups in total. The zero-order chi connectivity index (χ0) is 30.0. The summed E-state index contributed by atoms with van der Waals surface area (Å²) in [6, 6.07) is 34.7. The van der Waals surface area contributed by atoms with Gasteiger partial charge < -0.3 is 25.2 Å². The lowest BCUT2D eigenvalue weighted by Crippen LogP contribution is -2.37. The average molecular weight is 580 g/mol. The second-order valence-corrected chi connectivity index (χ2v) is 11.0. The molecule has 3 atom stereocenters. The van der Waals surface area contributed by atoms with Crippen molar-refractivity contribution in [1.82, 2.24) is 15.5 Å². The summed E-state index contributed by atoms with van der Waals surface area (Å²) in [7, 11) is 2.12. The van der Waals surface area contributed by atoms with Gasteiger partial charge in [0.05, 0.1) is 18.8 Å². The molecular weight excluding hydrogens is 538 g/mol. The number of nitrogens with one attached hydrogen (secondary N) is 2. The van der Waals surface area contributed by atoms with Gasteiger partial charge in [-0.2, -0.15) is 0 Å². The van der Waals surface area contributed by atoms with Crippen molar-refractivity contribution in [2.24, 2.45) is 0 Å². The summed E-state index contributed by atoms with van der Waals surface area (Å²) in [5.74, 6) is 0. The quantitative estimate of drug-likeness (QED) is 0.193. The molecule has 0 unspecified atom stereocenters. The molecule has 0 radical (unpaired) electrons. The molecule has 2 amide bonds. The first-order valence-corrected chi connectivity index (χ1v) is 15.0. The van der Waals surface area contributed by atoms with Crippen molar-refractivity contribution in [3.8, 4) is 11.1 Å². The highest BCUT2D eigenvalue weighted by atomic mass is 16.7. The van der Waals surface area contributed by atoms with E-state index in [1.807, 2.05) is 55.5 Å². The molecule has 4 aromatic carbocycles. The Morgan fingerprint density at radius 2 is 1.53 bits per heavy atom. The molecule has 7 nitrogen and oxygen atoms in total. The molecular formula is C36H41N3O4. The van der Waals surface area contributed by atoms with Gasteiger partial charge in [0.25, 0.3) is 0 Å². The maximum Gasteiger partial charge on any atom is 0.315 e. The molecule has 43 heavy (non-hydrogen) atoms. The molecule has 1 aliphatic rings. The van der Waals surface area contributed by atoms with Crippen LogP contribution in [0.1, 0.15) is 53.6 Å². The number of carbonyl (C=O) groups is 1. The van der Waals surface area contributed by atoms with Crippen LogP contribution in [0.3, 0.4) is 0 Å². The van der Waals surface area contributed by atoms with Gasteiger partial charge in [-0.05, 0) is 47.4 Å². The first kappa shape index (κ1) is 30.4. The van der Waals surface area contributed by atoms with Crippen molar-refractivity contribution in [1.29, 1.82) is 0 Å². The Hall–Kier alpha value is -4.01. The molecule has 1 aliphatic heterocycles. The van der Waals surface area contributed by atoms with E-state index in [1.165, 1.54) is 5.56 Å². The monoisotopic (exact) mass is 579 g/mol. The third-order valence-corrected chi connectivity index (χ3v) is 7.71. The van der Waals surface area contributed by atoms with Gasteiger partial charge in [0, 0.05) is 38.2 Å². The summed E-state index contributed by atoms with van der Waals surface area (Å²) >= 11 is 0. The molecule has 1 saturated heterocycles. The Balaban J connectivity index is 1.33. The largest absolute Gasteiger partial charge is 0.392 e. The van der Waals surface area contributed by atoms with Crippen molar-refractivity contribution in [3.63, 3.8) is 0 Å². The summed E-state index contributed by atoms with van der Waals surface area (Å²) in [6.45, 7) is 4.54. The Kier molecular flexibility index (Phi) is 10.6. The Labute approximate surface area is 254 Å². The number of hydrogen-bond acceptors (Lipinski definition) is 5. The van der Waals surface area contributed by atoms with Crippen molar-refractivity contribution < 1.29 is 19.4 Å². The number of carbonyl (C=O) groups excluding carboxylic acids is 1. The van der Waals surface area contributed by atoms with Gasteiger partial charge >= 0.3 is 6.03 Å². The average Bonchev–Trinajstić information content (AvgIpc) is 3.04. The number of amides is 2. The van der Waals surface area contributed by atoms with E-state index in [2.05, 4.69) is 77.2 Å². The van der Waals surface area contributed by atoms with Gasteiger partial charge in [-0.1, -0.05) is 103 Å². The zero-order valence-corrected chi connectivity index (χ0v) is 24.9. The van der Waals surface area contributed by atoms with Crippen LogP contribution < -0.4 is 10.6 Å². The third-order valence-electron chi connectivity index (χ3n) is 7.71. The van der Waals surface area contributed by atoms with Crippen molar-refractivity contribution >= 4 is 6.03 Å². The highest BCUT2D eigenvalue weighted by Gasteiger charge is 2.32. The van der Waals surface area contributed by atoms with Crippen LogP contribution in [0.25, 0.3) is 11.1 Å². The van der Waals surface area contributed by atoms with Gasteiger partial charge in [0.2, 0.25) is 0 Å². The predicted octanol–water partition coefficient (Wildman–Crippen LogP) is 6.34. The second kappa shape index (κ2) is 14.9. The fourth-order valence-electron chi connectivity index (χ4n) is 5.51. The maximum absolute atomic E-state index is 12.0. The summed E-state index contributed by atoms with van der Waals surface area (Å²) in [6.07, 6.45) is 0.0474. The topological polar surface area (TPSA) is 83.1 Å². The number of aliphatic hydroxyl groups excluding tert-OH is 1. The fourth-order valence-corrected chi connectivity index (χ4v) is 5.51. The van der Waals surface area contributed by atoms with E-state index < -0.39 is 6.29 Å². The lowest BCUT2D eigenvalue weighted by molar-refractivity contribution is -0.252. The summed E-state index contributed by atoms with van der Waals surface area (Å²) in [5, 5.41) is 15.2. The molecule has 0 spiro atoms. The minimum Gasteiger partial charge on any atom is -0.392 e. The summed E-state index contributed by atoms with van der Waals surface area (Å²) < 4.78 is 13.1. The van der Waals surface area contributed by atoms with E-state index in [-0.39, 0.29) is 24.8 Å². The molecule has 0 aliphatic carbocycles. The van der Waals surface area contributed by atoms with Crippen LogP contribution in [0.2, 0.25) is 0 Å². The van der Waals surface area contributed by atoms with E-state index in [0.717, 1.165) is 52.9 Å². The molecule has 5 rings (SSSR count). The van der Waals surface area contributed by atoms with Gasteiger partial charge in [0.15, 0.2) is 6.29 Å². The Bertz CT molecular complexity index is 1440. The molecule has 4 aromatic rings. The van der Waals surface area contributed by atoms with Crippen LogP contribution in [-0.2, 0) is 29.2 Å². The minimum absolute atomic E-state index is 0.0158. The van der Waals surface area contributed by atoms with E-state index in [0.29, 0.717) is 13.1 Å². The van der Waals surface area contributed by atoms with Crippen LogP contribution in [0, 0.1) is 0 Å². The number of ether oxygens (including phenoxy) is 2. The number of aliphatic hydroxyl groups is 1. The SMILES string of the molecule is CCNC(=O)NCc1ccccc1-c1ccc([C@@H]2O[C@H](CN(C)Cc3ccccc3)C[C@H](c3ccc(CO)cc3)O2)cc1. The van der Waals surface area contributed by atoms with E-state index in [4.69, 9.17) is 9.47 Å². The standard InChI is InChI=1S/C36H41N3O4/c1-3-37-36(41)38-22-31-11-7-8-12-33(31)28-17-19-30(20-18-28)35-42-32(24-39(2)23-26-9-5-4-6-10-26)21-34(43-35)29-15-13-27(25-40)14-16-29/h4-20,32,34-35,40H,3,21-25H2,1-2H3,(H2,37,38,41)/t32-,34+,35+/m0/s1. The summed E-state index contributed by atoms with van der Waals surface area (Å²) in [4.78, 5) is 14.3. The number of hydrogen-bond donors (Lipinski definition) is 3. The smallest absolute Gasteiger partial charge is 0.315 e. The first-order valence-electron chi connectivity index (χ1n) is 15.0. The molecule has 0 aromatic heterocycles. The zero-order valence-electron chi connectivity index (χ0n) is 24.9. The van der Waals surface area contributed by atoms with Crippen molar-refractivity contribution in [2.45, 2.75) is 51.5 Å². The van der Waals surface area contributed by atoms with Crippen LogP contribution in [0.15, 0.2) is 103 Å². The Morgan fingerprint density at radius 1 is 0.837 bits per heavy atom. The van der Waals surface area contributed by atoms with Crippen LogP contribution in [-0.4, -0.2) is 42.3 Å². The molecule has 7 heteroatoms. The first-order chi connectivity index (χ1) is 21.0. The molecule has 0 bridgehead atoms. The lowest BCUT2D eigenvalue weighted by atomic mass is 9.97. The van der Waals surface area contributed by atoms with Gasteiger partial charge in [-0.25, -0.2) is 4.79 Å². The minimum atomic E-state index is -0.518. The third kappa shape index (κ3) is 8.30. The van der Waals surface area contributed by atoms with Crippen molar-refractivity contribution in [2.75, 3.05) is 20.1 Å². The Morgan fingerprint density at radius 3 is 2.26 bits per heavy atom. The van der Waals surface area contributed by atoms with Crippen LogP contribution >= 0.6 is 0 Å². The fraction of sp³-hybridized carbons (Fsp3) is 0.306. The van der Waals surface area contributed by atoms with E-state index in [1.54, 1.807) is 0 Å². The van der Waals surface area contributed by atoms with Crippen LogP contribution in [0.4, 0.5) is 4.79 Å². The van der Waals surface area contributed by atoms with Crippen LogP contribution in [0.5, 0.6) is 0 Å². The van der Waals surface area contributed by atoms with Crippen molar-refractivity contribution in [3.05, 3.63) is 131 Å². The van der Waals surface area contributed by atoms with Gasteiger partial charge in [-0.3, -0.25) is 4.90 Å². The normalized spacial score (nSPS) is 18.4. The summed E-state index contributed by atoms with van der Waals surface area (Å²) in [5.41, 5.74) is 7.34. The maximum atomic E-state index is 12.0. The lowest BCUT2D eigenvalue weighted by Gasteiger charge is -2.38. The highest BCUT2D eigenvalue weighted by molar-refractivity contribution is 5.74. The number of likely N-dealkylation sites (N-methyl/N-ethyl adjacent to an activating group) is 1. The number of rotatable bonds is 11. The molecule has 224 valence electrons. The van der Waals surface area contributed by atoms with E-state index in [9.17, 15) is 9.90 Å². The van der Waals surface area contributed by atoms with E-state index >= 15 is 0 Å². The molecule has 0 saturated carbocycles.